The van der Waals surface area contributed by atoms with E-state index in [0.29, 0.717) is 0 Å². The summed E-state index contributed by atoms with van der Waals surface area (Å²) < 4.78 is 0. The number of aryl methyl sites for hydroxylation is 1. The van der Waals surface area contributed by atoms with Crippen molar-refractivity contribution in [3.8, 4) is 11.1 Å². The molecule has 0 radical (unpaired) electrons. The van der Waals surface area contributed by atoms with E-state index in [9.17, 15) is 0 Å². The van der Waals surface area contributed by atoms with Gasteiger partial charge in [0.25, 0.3) is 0 Å². The van der Waals surface area contributed by atoms with E-state index in [0.717, 1.165) is 22.6 Å². The fourth-order valence-corrected chi connectivity index (χ4v) is 5.80. The van der Waals surface area contributed by atoms with E-state index in [4.69, 9.17) is 0 Å². The Morgan fingerprint density at radius 3 is 1.43 bits per heavy atom. The molecule has 0 aliphatic carbocycles. The largest absolute Gasteiger partial charge is 0.311 e. The number of benzene rings is 7. The van der Waals surface area contributed by atoms with Crippen LogP contribution in [0.1, 0.15) is 27.8 Å². The summed E-state index contributed by atoms with van der Waals surface area (Å²) in [5.41, 5.74) is 11.9. The second-order valence-electron chi connectivity index (χ2n) is 11.6. The summed E-state index contributed by atoms with van der Waals surface area (Å²) in [5, 5.41) is 2.54. The number of nitrogens with zero attached hydrogens (tertiary/aromatic N) is 1. The van der Waals surface area contributed by atoms with E-state index in [-0.39, 0.29) is 0 Å². The van der Waals surface area contributed by atoms with Gasteiger partial charge in [-0.2, -0.15) is 0 Å². The average Bonchev–Trinajstić information content (AvgIpc) is 3.12. The smallest absolute Gasteiger partial charge is 0.0462 e. The number of hydrogen-bond donors (Lipinski definition) is 0. The Bertz CT molecular complexity index is 2100. The van der Waals surface area contributed by atoms with Gasteiger partial charge in [0.05, 0.1) is 0 Å². The van der Waals surface area contributed by atoms with E-state index < -0.39 is 0 Å². The summed E-state index contributed by atoms with van der Waals surface area (Å²) in [6.45, 7) is 2.12. The Kier molecular flexibility index (Phi) is 8.39. The lowest BCUT2D eigenvalue weighted by Crippen LogP contribution is -2.09. The Morgan fingerprint density at radius 1 is 0.370 bits per heavy atom. The lowest BCUT2D eigenvalue weighted by atomic mass is 10.0. The van der Waals surface area contributed by atoms with Crippen LogP contribution in [0.4, 0.5) is 17.1 Å². The first-order chi connectivity index (χ1) is 22.7. The Morgan fingerprint density at radius 2 is 0.826 bits per heavy atom. The van der Waals surface area contributed by atoms with E-state index >= 15 is 0 Å². The molecule has 7 rings (SSSR count). The minimum atomic E-state index is 1.13. The van der Waals surface area contributed by atoms with Gasteiger partial charge in [-0.15, -0.1) is 0 Å². The summed E-state index contributed by atoms with van der Waals surface area (Å²) in [4.78, 5) is 2.29. The first kappa shape index (κ1) is 28.8. The van der Waals surface area contributed by atoms with Gasteiger partial charge in [0.1, 0.15) is 0 Å². The van der Waals surface area contributed by atoms with Gasteiger partial charge in [0.2, 0.25) is 0 Å². The molecule has 7 aromatic rings. The molecule has 0 unspecified atom stereocenters. The summed E-state index contributed by atoms with van der Waals surface area (Å²) in [6.07, 6.45) is 8.74. The highest BCUT2D eigenvalue weighted by molar-refractivity contribution is 5.93. The van der Waals surface area contributed by atoms with E-state index in [1.165, 1.54) is 44.2 Å². The highest BCUT2D eigenvalue weighted by Crippen LogP contribution is 2.34. The second kappa shape index (κ2) is 13.4. The van der Waals surface area contributed by atoms with Crippen LogP contribution in [0.5, 0.6) is 0 Å². The third-order valence-electron chi connectivity index (χ3n) is 8.36. The fourth-order valence-electron chi connectivity index (χ4n) is 5.80. The van der Waals surface area contributed by atoms with E-state index in [1.54, 1.807) is 0 Å². The Labute approximate surface area is 272 Å². The minimum absolute atomic E-state index is 1.13. The van der Waals surface area contributed by atoms with Crippen LogP contribution in [0.15, 0.2) is 170 Å². The Balaban J connectivity index is 1.03. The van der Waals surface area contributed by atoms with Crippen molar-refractivity contribution in [2.75, 3.05) is 4.90 Å². The number of fused-ring (bicyclic) bond motifs is 1. The van der Waals surface area contributed by atoms with Crippen LogP contribution in [0, 0.1) is 6.92 Å². The van der Waals surface area contributed by atoms with Gasteiger partial charge in [0, 0.05) is 17.1 Å². The lowest BCUT2D eigenvalue weighted by Gasteiger charge is -2.25. The van der Waals surface area contributed by atoms with Crippen LogP contribution in [-0.4, -0.2) is 0 Å². The third-order valence-corrected chi connectivity index (χ3v) is 8.36. The fraction of sp³-hybridized carbons (Fsp3) is 0.0222. The zero-order valence-corrected chi connectivity index (χ0v) is 25.9. The van der Waals surface area contributed by atoms with Gasteiger partial charge in [-0.1, -0.05) is 163 Å². The highest BCUT2D eigenvalue weighted by Gasteiger charge is 2.11. The third kappa shape index (κ3) is 6.60. The molecule has 0 aliphatic heterocycles. The molecular formula is C45H35N. The molecule has 0 saturated heterocycles. The van der Waals surface area contributed by atoms with E-state index in [1.807, 2.05) is 0 Å². The molecule has 0 amide bonds. The molecule has 220 valence electrons. The first-order valence-electron chi connectivity index (χ1n) is 15.8. The van der Waals surface area contributed by atoms with Crippen molar-refractivity contribution in [3.63, 3.8) is 0 Å². The maximum atomic E-state index is 2.29. The molecule has 46 heavy (non-hydrogen) atoms. The van der Waals surface area contributed by atoms with Crippen molar-refractivity contribution in [1.29, 1.82) is 0 Å². The van der Waals surface area contributed by atoms with Gasteiger partial charge in [-0.3, -0.25) is 0 Å². The first-order valence-corrected chi connectivity index (χ1v) is 15.8. The average molecular weight is 590 g/mol. The molecule has 7 aromatic carbocycles. The van der Waals surface area contributed by atoms with Crippen LogP contribution in [-0.2, 0) is 0 Å². The molecule has 1 heteroatoms. The summed E-state index contributed by atoms with van der Waals surface area (Å²) in [5.74, 6) is 0. The van der Waals surface area contributed by atoms with E-state index in [2.05, 4.69) is 206 Å². The molecule has 0 aromatic heterocycles. The Hall–Kier alpha value is -5.92. The summed E-state index contributed by atoms with van der Waals surface area (Å²) >= 11 is 0. The molecule has 0 aliphatic rings. The van der Waals surface area contributed by atoms with Crippen LogP contribution in [0.3, 0.4) is 0 Å². The second-order valence-corrected chi connectivity index (χ2v) is 11.6. The summed E-state index contributed by atoms with van der Waals surface area (Å²) in [7, 11) is 0. The number of hydrogen-bond acceptors (Lipinski definition) is 1. The molecule has 0 N–H and O–H groups in total. The number of rotatable bonds is 8. The van der Waals surface area contributed by atoms with Crippen LogP contribution in [0.2, 0.25) is 0 Å². The maximum Gasteiger partial charge on any atom is 0.0462 e. The molecule has 1 nitrogen and oxygen atoms in total. The predicted octanol–water partition coefficient (Wildman–Crippen LogP) is 12.6. The molecule has 0 atom stereocenters. The van der Waals surface area contributed by atoms with Crippen molar-refractivity contribution in [2.45, 2.75) is 6.92 Å². The quantitative estimate of drug-likeness (QED) is 0.159. The highest BCUT2D eigenvalue weighted by atomic mass is 15.1. The van der Waals surface area contributed by atoms with Gasteiger partial charge in [-0.05, 0) is 87.5 Å². The van der Waals surface area contributed by atoms with Crippen molar-refractivity contribution >= 4 is 52.1 Å². The van der Waals surface area contributed by atoms with Crippen molar-refractivity contribution in [1.82, 2.24) is 0 Å². The standard InChI is InChI=1S/C45H35N/c1-34-14-30-43(31-15-34)46(42-11-3-2-4-12-42)44-32-23-36(24-33-44)17-16-35-18-25-38(26-19-35)39-27-20-37(21-28-39)22-29-41-10-7-9-40-8-5-6-13-45(40)41/h2-33H,1H3/b17-16+,29-22+. The van der Waals surface area contributed by atoms with Crippen molar-refractivity contribution in [3.05, 3.63) is 198 Å². The van der Waals surface area contributed by atoms with Crippen molar-refractivity contribution < 1.29 is 0 Å². The molecule has 0 saturated carbocycles. The topological polar surface area (TPSA) is 3.24 Å². The molecular weight excluding hydrogens is 555 g/mol. The van der Waals surface area contributed by atoms with Gasteiger partial charge >= 0.3 is 0 Å². The van der Waals surface area contributed by atoms with Crippen LogP contribution >= 0.6 is 0 Å². The SMILES string of the molecule is Cc1ccc(N(c2ccccc2)c2ccc(/C=C/c3ccc(-c4ccc(/C=C/c5cccc6ccccc56)cc4)cc3)cc2)cc1. The minimum Gasteiger partial charge on any atom is -0.311 e. The van der Waals surface area contributed by atoms with Crippen LogP contribution in [0.25, 0.3) is 46.2 Å². The van der Waals surface area contributed by atoms with Gasteiger partial charge < -0.3 is 4.90 Å². The zero-order valence-electron chi connectivity index (χ0n) is 25.9. The van der Waals surface area contributed by atoms with Gasteiger partial charge in [-0.25, -0.2) is 0 Å². The molecule has 0 heterocycles. The maximum absolute atomic E-state index is 2.29. The summed E-state index contributed by atoms with van der Waals surface area (Å²) in [6, 6.07) is 60.5. The molecule has 0 spiro atoms. The molecule has 0 fully saturated rings. The number of para-hydroxylation sites is 1. The zero-order chi connectivity index (χ0) is 31.1. The molecule has 0 bridgehead atoms. The van der Waals surface area contributed by atoms with Gasteiger partial charge in [0.15, 0.2) is 0 Å². The van der Waals surface area contributed by atoms with Crippen LogP contribution < -0.4 is 4.90 Å². The number of anilines is 3. The normalized spacial score (nSPS) is 11.4. The predicted molar refractivity (Wildman–Crippen MR) is 200 cm³/mol. The van der Waals surface area contributed by atoms with Crippen molar-refractivity contribution in [2.24, 2.45) is 0 Å². The monoisotopic (exact) mass is 589 g/mol. The lowest BCUT2D eigenvalue weighted by molar-refractivity contribution is 1.27.